The molecule has 0 spiro atoms. The minimum Gasteiger partial charge on any atom is -0.346 e. The molecule has 7 nitrogen and oxygen atoms in total. The number of carbonyl (C=O) groups is 1. The summed E-state index contributed by atoms with van der Waals surface area (Å²) in [5.41, 5.74) is 3.23. The number of carbonyl (C=O) groups excluding carboxylic acids is 1. The van der Waals surface area contributed by atoms with E-state index in [9.17, 15) is 4.79 Å². The Morgan fingerprint density at radius 3 is 2.82 bits per heavy atom. The topological polar surface area (TPSA) is 67.5 Å². The summed E-state index contributed by atoms with van der Waals surface area (Å²) >= 11 is 0. The SMILES string of the molecule is CCN(CC)CCn1ccc2cc(NC(=O)c3ccc4nncn4c3)ccc21. The van der Waals surface area contributed by atoms with Crippen molar-refractivity contribution in [1.29, 1.82) is 0 Å². The summed E-state index contributed by atoms with van der Waals surface area (Å²) in [6.07, 6.45) is 5.42. The molecule has 3 aromatic heterocycles. The minimum atomic E-state index is -0.157. The molecule has 0 unspecified atom stereocenters. The van der Waals surface area contributed by atoms with Crippen LogP contribution in [0.5, 0.6) is 0 Å². The average Bonchev–Trinajstić information content (AvgIpc) is 3.34. The number of hydrogen-bond acceptors (Lipinski definition) is 4. The summed E-state index contributed by atoms with van der Waals surface area (Å²) in [5.74, 6) is -0.157. The third-order valence-corrected chi connectivity index (χ3v) is 5.13. The van der Waals surface area contributed by atoms with Crippen molar-refractivity contribution in [3.05, 3.63) is 60.7 Å². The number of anilines is 1. The van der Waals surface area contributed by atoms with Crippen molar-refractivity contribution in [1.82, 2.24) is 24.1 Å². The fourth-order valence-electron chi connectivity index (χ4n) is 3.43. The molecule has 1 aromatic carbocycles. The van der Waals surface area contributed by atoms with E-state index in [4.69, 9.17) is 0 Å². The maximum absolute atomic E-state index is 12.6. The van der Waals surface area contributed by atoms with Crippen LogP contribution in [0.3, 0.4) is 0 Å². The smallest absolute Gasteiger partial charge is 0.257 e. The minimum absolute atomic E-state index is 0.157. The van der Waals surface area contributed by atoms with Gasteiger partial charge in [-0.1, -0.05) is 13.8 Å². The molecular weight excluding hydrogens is 352 g/mol. The number of amides is 1. The Morgan fingerprint density at radius 1 is 1.14 bits per heavy atom. The van der Waals surface area contributed by atoms with Gasteiger partial charge in [-0.05, 0) is 49.5 Å². The average molecular weight is 376 g/mol. The van der Waals surface area contributed by atoms with E-state index >= 15 is 0 Å². The maximum Gasteiger partial charge on any atom is 0.257 e. The van der Waals surface area contributed by atoms with Crippen molar-refractivity contribution in [2.45, 2.75) is 20.4 Å². The van der Waals surface area contributed by atoms with E-state index in [1.807, 2.05) is 12.1 Å². The van der Waals surface area contributed by atoms with Crippen LogP contribution in [0.15, 0.2) is 55.1 Å². The van der Waals surface area contributed by atoms with Gasteiger partial charge in [-0.3, -0.25) is 9.20 Å². The van der Waals surface area contributed by atoms with Gasteiger partial charge in [0.1, 0.15) is 6.33 Å². The highest BCUT2D eigenvalue weighted by atomic mass is 16.1. The van der Waals surface area contributed by atoms with E-state index in [1.54, 1.807) is 29.1 Å². The Bertz CT molecular complexity index is 1110. The molecule has 1 amide bonds. The van der Waals surface area contributed by atoms with Gasteiger partial charge >= 0.3 is 0 Å². The predicted octanol–water partition coefficient (Wildman–Crippen LogP) is 3.28. The highest BCUT2D eigenvalue weighted by Crippen LogP contribution is 2.21. The van der Waals surface area contributed by atoms with Crippen LogP contribution in [-0.2, 0) is 6.54 Å². The molecule has 0 atom stereocenters. The Kier molecular flexibility index (Phi) is 5.08. The number of rotatable bonds is 7. The molecule has 7 heteroatoms. The number of likely N-dealkylation sites (N-methyl/N-ethyl adjacent to an activating group) is 1. The highest BCUT2D eigenvalue weighted by molar-refractivity contribution is 6.05. The van der Waals surface area contributed by atoms with Crippen molar-refractivity contribution in [2.24, 2.45) is 0 Å². The van der Waals surface area contributed by atoms with Gasteiger partial charge in [-0.25, -0.2) is 0 Å². The van der Waals surface area contributed by atoms with Crippen LogP contribution in [-0.4, -0.2) is 49.6 Å². The summed E-state index contributed by atoms with van der Waals surface area (Å²) in [7, 11) is 0. The molecule has 3 heterocycles. The highest BCUT2D eigenvalue weighted by Gasteiger charge is 2.09. The Labute approximate surface area is 163 Å². The van der Waals surface area contributed by atoms with E-state index in [1.165, 1.54) is 5.52 Å². The Morgan fingerprint density at radius 2 is 2.00 bits per heavy atom. The first-order valence-corrected chi connectivity index (χ1v) is 9.60. The quantitative estimate of drug-likeness (QED) is 0.537. The number of nitrogens with one attached hydrogen (secondary N) is 1. The maximum atomic E-state index is 12.6. The first kappa shape index (κ1) is 18.2. The summed E-state index contributed by atoms with van der Waals surface area (Å²) in [6.45, 7) is 8.48. The lowest BCUT2D eigenvalue weighted by Crippen LogP contribution is -2.26. The van der Waals surface area contributed by atoms with Crippen molar-refractivity contribution in [3.63, 3.8) is 0 Å². The van der Waals surface area contributed by atoms with Gasteiger partial charge in [0.25, 0.3) is 5.91 Å². The normalized spacial score (nSPS) is 11.5. The van der Waals surface area contributed by atoms with E-state index < -0.39 is 0 Å². The monoisotopic (exact) mass is 376 g/mol. The Balaban J connectivity index is 1.49. The van der Waals surface area contributed by atoms with Crippen LogP contribution in [0.25, 0.3) is 16.6 Å². The molecule has 144 valence electrons. The summed E-state index contributed by atoms with van der Waals surface area (Å²) in [6, 6.07) is 11.7. The molecule has 0 saturated carbocycles. The molecule has 0 aliphatic carbocycles. The first-order valence-electron chi connectivity index (χ1n) is 9.60. The summed E-state index contributed by atoms with van der Waals surface area (Å²) in [4.78, 5) is 15.0. The molecule has 0 fully saturated rings. The van der Waals surface area contributed by atoms with Gasteiger partial charge in [0.05, 0.1) is 5.56 Å². The van der Waals surface area contributed by atoms with Crippen LogP contribution in [0, 0.1) is 0 Å². The van der Waals surface area contributed by atoms with Gasteiger partial charge in [0.2, 0.25) is 0 Å². The molecule has 0 aliphatic rings. The predicted molar refractivity (Wildman–Crippen MR) is 111 cm³/mol. The molecule has 0 radical (unpaired) electrons. The second-order valence-corrected chi connectivity index (χ2v) is 6.78. The van der Waals surface area contributed by atoms with Crippen LogP contribution in [0.4, 0.5) is 5.69 Å². The number of aromatic nitrogens is 4. The molecule has 28 heavy (non-hydrogen) atoms. The summed E-state index contributed by atoms with van der Waals surface area (Å²) < 4.78 is 3.99. The number of fused-ring (bicyclic) bond motifs is 2. The van der Waals surface area contributed by atoms with E-state index in [0.29, 0.717) is 11.2 Å². The molecule has 0 saturated heterocycles. The van der Waals surface area contributed by atoms with Crippen LogP contribution >= 0.6 is 0 Å². The largest absolute Gasteiger partial charge is 0.346 e. The molecular formula is C21H24N6O. The van der Waals surface area contributed by atoms with Gasteiger partial charge < -0.3 is 14.8 Å². The zero-order valence-corrected chi connectivity index (χ0v) is 16.2. The molecule has 0 bridgehead atoms. The molecule has 1 N–H and O–H groups in total. The second kappa shape index (κ2) is 7.82. The zero-order chi connectivity index (χ0) is 19.5. The fraction of sp³-hybridized carbons (Fsp3) is 0.286. The van der Waals surface area contributed by atoms with Crippen molar-refractivity contribution >= 4 is 28.1 Å². The third-order valence-electron chi connectivity index (χ3n) is 5.13. The summed E-state index contributed by atoms with van der Waals surface area (Å²) in [5, 5.41) is 11.9. The number of hydrogen-bond donors (Lipinski definition) is 1. The van der Waals surface area contributed by atoms with Crippen LogP contribution in [0.1, 0.15) is 24.2 Å². The molecule has 0 aliphatic heterocycles. The fourth-order valence-corrected chi connectivity index (χ4v) is 3.43. The van der Waals surface area contributed by atoms with Gasteiger partial charge in [0.15, 0.2) is 5.65 Å². The number of nitrogens with zero attached hydrogens (tertiary/aromatic N) is 5. The lowest BCUT2D eigenvalue weighted by molar-refractivity contribution is 0.102. The van der Waals surface area contributed by atoms with Gasteiger partial charge in [0, 0.05) is 42.1 Å². The molecule has 4 rings (SSSR count). The second-order valence-electron chi connectivity index (χ2n) is 6.78. The zero-order valence-electron chi connectivity index (χ0n) is 16.2. The van der Waals surface area contributed by atoms with E-state index in [0.717, 1.165) is 37.3 Å². The third kappa shape index (κ3) is 3.61. The van der Waals surface area contributed by atoms with Crippen molar-refractivity contribution < 1.29 is 4.79 Å². The van der Waals surface area contributed by atoms with E-state index in [2.05, 4.69) is 57.2 Å². The standard InChI is InChI=1S/C21H24N6O/c1-3-25(4-2)11-12-26-10-9-16-13-18(6-7-19(16)26)23-21(28)17-5-8-20-24-22-15-27(20)14-17/h5-10,13-15H,3-4,11-12H2,1-2H3,(H,23,28). The van der Waals surface area contributed by atoms with Gasteiger partial charge in [-0.2, -0.15) is 0 Å². The van der Waals surface area contributed by atoms with Gasteiger partial charge in [-0.15, -0.1) is 10.2 Å². The van der Waals surface area contributed by atoms with Crippen LogP contribution < -0.4 is 5.32 Å². The lowest BCUT2D eigenvalue weighted by atomic mass is 10.2. The number of pyridine rings is 1. The van der Waals surface area contributed by atoms with E-state index in [-0.39, 0.29) is 5.91 Å². The van der Waals surface area contributed by atoms with Crippen molar-refractivity contribution in [2.75, 3.05) is 25.0 Å². The lowest BCUT2D eigenvalue weighted by Gasteiger charge is -2.18. The Hall–Kier alpha value is -3.19. The molecule has 4 aromatic rings. The van der Waals surface area contributed by atoms with Crippen molar-refractivity contribution in [3.8, 4) is 0 Å². The first-order chi connectivity index (χ1) is 13.7. The van der Waals surface area contributed by atoms with Crippen LogP contribution in [0.2, 0.25) is 0 Å². The number of benzene rings is 1.